The molecule has 0 atom stereocenters. The number of hydrogen-bond donors (Lipinski definition) is 0. The van der Waals surface area contributed by atoms with Crippen molar-refractivity contribution in [2.75, 3.05) is 18.6 Å². The second-order valence-electron chi connectivity index (χ2n) is 4.57. The number of halogens is 2. The van der Waals surface area contributed by atoms with Crippen LogP contribution in [0.3, 0.4) is 0 Å². The lowest BCUT2D eigenvalue weighted by Crippen LogP contribution is -2.08. The average molecular weight is 414 g/mol. The number of nitriles is 1. The van der Waals surface area contributed by atoms with E-state index in [2.05, 4.69) is 16.0 Å². The Balaban J connectivity index is 2.48. The first-order chi connectivity index (χ1) is 12.0. The normalized spacial score (nSPS) is 10.4. The molecule has 0 fully saturated rings. The van der Waals surface area contributed by atoms with Crippen molar-refractivity contribution in [3.63, 3.8) is 0 Å². The van der Waals surface area contributed by atoms with Crippen LogP contribution in [-0.2, 0) is 9.53 Å². The Kier molecular flexibility index (Phi) is 7.38. The first-order valence-electron chi connectivity index (χ1n) is 7.10. The van der Waals surface area contributed by atoms with Gasteiger partial charge in [-0.1, -0.05) is 52.8 Å². The van der Waals surface area contributed by atoms with E-state index in [9.17, 15) is 10.1 Å². The maximum atomic E-state index is 11.6. The van der Waals surface area contributed by atoms with Gasteiger partial charge in [0, 0.05) is 5.56 Å². The van der Waals surface area contributed by atoms with Crippen molar-refractivity contribution in [3.05, 3.63) is 33.8 Å². The standard InChI is InChI=1S/C16H13Cl2N3O2S2/c1-3-23-13(22)8-25-15-10(7-19)14(20-16(21-15)24-2)9-4-5-11(17)12(18)6-9/h4-6H,3,8H2,1-2H3. The van der Waals surface area contributed by atoms with Crippen molar-refractivity contribution in [1.29, 1.82) is 5.26 Å². The molecule has 0 amide bonds. The van der Waals surface area contributed by atoms with Crippen LogP contribution in [0.25, 0.3) is 11.3 Å². The minimum absolute atomic E-state index is 0.0637. The Bertz CT molecular complexity index is 841. The molecular formula is C16H13Cl2N3O2S2. The van der Waals surface area contributed by atoms with Gasteiger partial charge in [0.25, 0.3) is 0 Å². The van der Waals surface area contributed by atoms with E-state index >= 15 is 0 Å². The molecule has 0 spiro atoms. The fourth-order valence-electron chi connectivity index (χ4n) is 1.90. The van der Waals surface area contributed by atoms with Crippen LogP contribution < -0.4 is 0 Å². The number of carbonyl (C=O) groups is 1. The summed E-state index contributed by atoms with van der Waals surface area (Å²) < 4.78 is 4.91. The third-order valence-electron chi connectivity index (χ3n) is 2.97. The summed E-state index contributed by atoms with van der Waals surface area (Å²) in [7, 11) is 0. The van der Waals surface area contributed by atoms with Crippen molar-refractivity contribution >= 4 is 52.7 Å². The summed E-state index contributed by atoms with van der Waals surface area (Å²) in [4.78, 5) is 20.4. The Morgan fingerprint density at radius 1 is 1.32 bits per heavy atom. The van der Waals surface area contributed by atoms with Gasteiger partial charge >= 0.3 is 5.97 Å². The number of carbonyl (C=O) groups excluding carboxylic acids is 1. The molecule has 0 aliphatic heterocycles. The molecular weight excluding hydrogens is 401 g/mol. The first-order valence-corrected chi connectivity index (χ1v) is 10.1. The molecule has 2 aromatic rings. The summed E-state index contributed by atoms with van der Waals surface area (Å²) in [6.45, 7) is 2.04. The Morgan fingerprint density at radius 3 is 2.68 bits per heavy atom. The summed E-state index contributed by atoms with van der Waals surface area (Å²) in [5, 5.41) is 11.3. The zero-order chi connectivity index (χ0) is 18.4. The molecule has 0 bridgehead atoms. The Hall–Kier alpha value is -1.46. The summed E-state index contributed by atoms with van der Waals surface area (Å²) in [6.07, 6.45) is 1.83. The van der Waals surface area contributed by atoms with Gasteiger partial charge in [-0.2, -0.15) is 5.26 Å². The second kappa shape index (κ2) is 9.30. The number of nitrogens with zero attached hydrogens (tertiary/aromatic N) is 3. The van der Waals surface area contributed by atoms with E-state index in [0.29, 0.717) is 38.1 Å². The van der Waals surface area contributed by atoms with Gasteiger partial charge < -0.3 is 4.74 Å². The number of rotatable bonds is 6. The van der Waals surface area contributed by atoms with Gasteiger partial charge in [0.05, 0.1) is 28.1 Å². The molecule has 2 rings (SSSR count). The SMILES string of the molecule is CCOC(=O)CSc1nc(SC)nc(-c2ccc(Cl)c(Cl)c2)c1C#N. The molecule has 0 aliphatic carbocycles. The second-order valence-corrected chi connectivity index (χ2v) is 7.13. The zero-order valence-corrected chi connectivity index (χ0v) is 16.5. The molecule has 1 aromatic heterocycles. The van der Waals surface area contributed by atoms with E-state index in [-0.39, 0.29) is 17.3 Å². The molecule has 1 aromatic carbocycles. The van der Waals surface area contributed by atoms with E-state index in [1.165, 1.54) is 11.8 Å². The largest absolute Gasteiger partial charge is 0.465 e. The zero-order valence-electron chi connectivity index (χ0n) is 13.4. The predicted molar refractivity (Wildman–Crippen MR) is 101 cm³/mol. The highest BCUT2D eigenvalue weighted by Gasteiger charge is 2.18. The van der Waals surface area contributed by atoms with Crippen LogP contribution in [0, 0.1) is 11.3 Å². The van der Waals surface area contributed by atoms with E-state index in [1.807, 2.05) is 6.26 Å². The minimum atomic E-state index is -0.364. The fourth-order valence-corrected chi connectivity index (χ4v) is 3.40. The van der Waals surface area contributed by atoms with Gasteiger partial charge in [-0.3, -0.25) is 4.79 Å². The third kappa shape index (κ3) is 5.02. The number of hydrogen-bond acceptors (Lipinski definition) is 7. The molecule has 0 radical (unpaired) electrons. The molecule has 0 unspecified atom stereocenters. The van der Waals surface area contributed by atoms with Crippen LogP contribution in [0.4, 0.5) is 0 Å². The molecule has 130 valence electrons. The summed E-state index contributed by atoms with van der Waals surface area (Å²) in [5.41, 5.74) is 1.39. The highest BCUT2D eigenvalue weighted by molar-refractivity contribution is 8.00. The minimum Gasteiger partial charge on any atom is -0.465 e. The van der Waals surface area contributed by atoms with Crippen molar-refractivity contribution in [3.8, 4) is 17.3 Å². The van der Waals surface area contributed by atoms with E-state index in [4.69, 9.17) is 27.9 Å². The summed E-state index contributed by atoms with van der Waals surface area (Å²) >= 11 is 14.5. The van der Waals surface area contributed by atoms with Crippen LogP contribution in [-0.4, -0.2) is 34.6 Å². The molecule has 25 heavy (non-hydrogen) atoms. The van der Waals surface area contributed by atoms with Crippen LogP contribution in [0.1, 0.15) is 12.5 Å². The molecule has 9 heteroatoms. The predicted octanol–water partition coefficient (Wildman–Crippen LogP) is 4.70. The van der Waals surface area contributed by atoms with Gasteiger partial charge in [-0.15, -0.1) is 0 Å². The fraction of sp³-hybridized carbons (Fsp3) is 0.250. The average Bonchev–Trinajstić information content (AvgIpc) is 2.61. The molecule has 0 saturated heterocycles. The Morgan fingerprint density at radius 2 is 2.08 bits per heavy atom. The summed E-state index contributed by atoms with van der Waals surface area (Å²) in [6, 6.07) is 7.15. The third-order valence-corrected chi connectivity index (χ3v) is 5.21. The van der Waals surface area contributed by atoms with Crippen LogP contribution in [0.2, 0.25) is 10.0 Å². The number of thioether (sulfide) groups is 2. The smallest absolute Gasteiger partial charge is 0.316 e. The molecule has 0 N–H and O–H groups in total. The van der Waals surface area contributed by atoms with Crippen molar-refractivity contribution < 1.29 is 9.53 Å². The number of benzene rings is 1. The van der Waals surface area contributed by atoms with Crippen molar-refractivity contribution in [1.82, 2.24) is 9.97 Å². The maximum Gasteiger partial charge on any atom is 0.316 e. The van der Waals surface area contributed by atoms with Gasteiger partial charge in [0.2, 0.25) is 0 Å². The maximum absolute atomic E-state index is 11.6. The lowest BCUT2D eigenvalue weighted by molar-refractivity contribution is -0.139. The van der Waals surface area contributed by atoms with Gasteiger partial charge in [-0.25, -0.2) is 9.97 Å². The van der Waals surface area contributed by atoms with Crippen molar-refractivity contribution in [2.24, 2.45) is 0 Å². The topological polar surface area (TPSA) is 75.9 Å². The number of aromatic nitrogens is 2. The van der Waals surface area contributed by atoms with Gasteiger partial charge in [0.15, 0.2) is 5.16 Å². The van der Waals surface area contributed by atoms with Gasteiger partial charge in [-0.05, 0) is 25.3 Å². The lowest BCUT2D eigenvalue weighted by Gasteiger charge is -2.10. The molecule has 0 saturated carbocycles. The quantitative estimate of drug-likeness (QED) is 0.294. The highest BCUT2D eigenvalue weighted by Crippen LogP contribution is 2.33. The van der Waals surface area contributed by atoms with Crippen LogP contribution >= 0.6 is 46.7 Å². The van der Waals surface area contributed by atoms with E-state index in [0.717, 1.165) is 11.8 Å². The monoisotopic (exact) mass is 413 g/mol. The Labute approximate surface area is 164 Å². The molecule has 5 nitrogen and oxygen atoms in total. The molecule has 0 aliphatic rings. The van der Waals surface area contributed by atoms with Gasteiger partial charge in [0.1, 0.15) is 16.7 Å². The van der Waals surface area contributed by atoms with Crippen LogP contribution in [0.15, 0.2) is 28.4 Å². The van der Waals surface area contributed by atoms with E-state index < -0.39 is 0 Å². The van der Waals surface area contributed by atoms with E-state index in [1.54, 1.807) is 25.1 Å². The number of esters is 1. The molecule has 1 heterocycles. The summed E-state index contributed by atoms with van der Waals surface area (Å²) in [5.74, 6) is -0.300. The lowest BCUT2D eigenvalue weighted by atomic mass is 10.1. The van der Waals surface area contributed by atoms with Crippen molar-refractivity contribution in [2.45, 2.75) is 17.1 Å². The number of ether oxygens (including phenoxy) is 1. The van der Waals surface area contributed by atoms with Crippen LogP contribution in [0.5, 0.6) is 0 Å². The first kappa shape index (κ1) is 19.9. The highest BCUT2D eigenvalue weighted by atomic mass is 35.5.